The summed E-state index contributed by atoms with van der Waals surface area (Å²) < 4.78 is 28.6. The Morgan fingerprint density at radius 3 is 2.57 bits per heavy atom. The van der Waals surface area contributed by atoms with Crippen LogP contribution >= 0.6 is 8.60 Å². The number of hydrogen-bond donors (Lipinski definition) is 2. The highest BCUT2D eigenvalue weighted by Crippen LogP contribution is 2.40. The van der Waals surface area contributed by atoms with Crippen molar-refractivity contribution >= 4 is 54.2 Å². The summed E-state index contributed by atoms with van der Waals surface area (Å²) in [5, 5.41) is 30.5. The van der Waals surface area contributed by atoms with Crippen molar-refractivity contribution < 1.29 is 32.6 Å². The average Bonchev–Trinajstić information content (AvgIpc) is 3.37. The Hall–Kier alpha value is -4.58. The zero-order valence-electron chi connectivity index (χ0n) is 22.8. The number of aromatic nitrogens is 3. The Morgan fingerprint density at radius 1 is 1.07 bits per heavy atom. The first-order valence-corrected chi connectivity index (χ1v) is 14.0. The lowest BCUT2D eigenvalue weighted by molar-refractivity contribution is -0.153. The monoisotopic (exact) mass is 596 g/mol. The minimum Gasteiger partial charge on any atom is -0.451 e. The highest BCUT2D eigenvalue weighted by atomic mass is 31.2. The van der Waals surface area contributed by atoms with Crippen molar-refractivity contribution in [2.75, 3.05) is 44.0 Å². The smallest absolute Gasteiger partial charge is 0.411 e. The van der Waals surface area contributed by atoms with E-state index in [1.54, 1.807) is 0 Å². The molecule has 0 aliphatic carbocycles. The van der Waals surface area contributed by atoms with E-state index < -0.39 is 33.3 Å². The van der Waals surface area contributed by atoms with Crippen LogP contribution in [0.2, 0.25) is 0 Å². The molecule has 0 aliphatic heterocycles. The zero-order chi connectivity index (χ0) is 30.3. The third kappa shape index (κ3) is 8.96. The molecule has 0 spiro atoms. The van der Waals surface area contributed by atoms with Crippen molar-refractivity contribution in [1.29, 1.82) is 15.8 Å². The summed E-state index contributed by atoms with van der Waals surface area (Å²) in [6.45, 7) is 2.25. The van der Waals surface area contributed by atoms with E-state index in [0.29, 0.717) is 35.9 Å². The van der Waals surface area contributed by atoms with Gasteiger partial charge in [0.25, 0.3) is 0 Å². The van der Waals surface area contributed by atoms with E-state index in [0.717, 1.165) is 23.7 Å². The number of carbonyl (C=O) groups is 2. The molecule has 0 fully saturated rings. The second-order valence-electron chi connectivity index (χ2n) is 8.52. The van der Waals surface area contributed by atoms with Gasteiger partial charge in [-0.15, -0.1) is 0 Å². The molecule has 3 aromatic rings. The number of nitrogens with one attached hydrogen (secondary N) is 1. The lowest BCUT2D eigenvalue weighted by Crippen LogP contribution is -2.28. The maximum Gasteiger partial charge on any atom is 0.411 e. The molecule has 0 amide bonds. The van der Waals surface area contributed by atoms with Gasteiger partial charge in [-0.3, -0.25) is 0 Å². The molecule has 0 radical (unpaired) electrons. The molecular weight excluding hydrogens is 567 g/mol. The number of nitrogens with zero attached hydrogens (tertiary/aromatic N) is 6. The van der Waals surface area contributed by atoms with Crippen LogP contribution in [0.4, 0.5) is 11.8 Å². The topological polar surface area (TPSA) is 220 Å². The normalized spacial score (nSPS) is 12.1. The Labute approximate surface area is 242 Å². The lowest BCUT2D eigenvalue weighted by atomic mass is 10.2. The molecule has 0 saturated carbocycles. The van der Waals surface area contributed by atoms with Crippen LogP contribution in [0.1, 0.15) is 26.2 Å². The predicted octanol–water partition coefficient (Wildman–Crippen LogP) is 3.07. The first-order chi connectivity index (χ1) is 20.4. The third-order valence-electron chi connectivity index (χ3n) is 5.57. The molecule has 1 aromatic carbocycles. The first kappa shape index (κ1) is 31.9. The number of fused-ring (bicyclic) bond motifs is 3. The Kier molecular flexibility index (Phi) is 12.6. The van der Waals surface area contributed by atoms with E-state index in [1.807, 2.05) is 34.9 Å². The van der Waals surface area contributed by atoms with Crippen LogP contribution in [0, 0.1) is 34.0 Å². The minimum absolute atomic E-state index is 0.00105. The maximum atomic E-state index is 11.5. The van der Waals surface area contributed by atoms with Gasteiger partial charge in [-0.1, -0.05) is 31.5 Å². The number of nitrogens with two attached hydrogens (primary N) is 1. The largest absolute Gasteiger partial charge is 0.451 e. The van der Waals surface area contributed by atoms with Crippen LogP contribution in [-0.4, -0.2) is 65.5 Å². The Morgan fingerprint density at radius 2 is 1.83 bits per heavy atom. The minimum atomic E-state index is -2.07. The highest BCUT2D eigenvalue weighted by molar-refractivity contribution is 7.41. The summed E-state index contributed by atoms with van der Waals surface area (Å²) in [7, 11) is -2.07. The van der Waals surface area contributed by atoms with Crippen molar-refractivity contribution in [2.24, 2.45) is 0 Å². The molecule has 1 unspecified atom stereocenters. The number of pyridine rings is 1. The van der Waals surface area contributed by atoms with E-state index in [1.165, 1.54) is 12.1 Å². The van der Waals surface area contributed by atoms with Crippen molar-refractivity contribution in [3.63, 3.8) is 0 Å². The fraction of sp³-hybridized carbons (Fsp3) is 0.423. The fourth-order valence-corrected chi connectivity index (χ4v) is 4.69. The molecule has 220 valence electrons. The molecule has 0 bridgehead atoms. The lowest BCUT2D eigenvalue weighted by Gasteiger charge is -2.20. The number of nitriles is 3. The van der Waals surface area contributed by atoms with Crippen molar-refractivity contribution in [3.8, 4) is 18.2 Å². The summed E-state index contributed by atoms with van der Waals surface area (Å²) in [5.41, 5.74) is 8.29. The van der Waals surface area contributed by atoms with E-state index in [4.69, 9.17) is 44.8 Å². The molecule has 3 rings (SSSR count). The summed E-state index contributed by atoms with van der Waals surface area (Å²) in [6, 6.07) is 12.1. The van der Waals surface area contributed by atoms with Gasteiger partial charge in [0.2, 0.25) is 5.95 Å². The van der Waals surface area contributed by atoms with Crippen molar-refractivity contribution in [3.05, 3.63) is 24.3 Å². The number of esters is 2. The second kappa shape index (κ2) is 16.6. The standard InChI is InChI=1S/C26H29N8O7P/c1-2-3-10-31-26-33-23-24(19-7-4-5-8-20(19)32-25(23)30)34(26)11-13-39-42(38-12-6-9-27)40-17-18(41-22(36)15-29)16-37-21(35)14-28/h4-5,7-8,18H,2-3,6,10-13,16-17H2,1H3,(H2,30,32)(H,31,33)/t18-,42?/m1/s1. The number of rotatable bonds is 17. The average molecular weight is 597 g/mol. The van der Waals surface area contributed by atoms with Gasteiger partial charge in [0, 0.05) is 11.9 Å². The van der Waals surface area contributed by atoms with Crippen LogP contribution in [0.15, 0.2) is 24.3 Å². The highest BCUT2D eigenvalue weighted by Gasteiger charge is 2.23. The van der Waals surface area contributed by atoms with Crippen LogP contribution in [0.3, 0.4) is 0 Å². The van der Waals surface area contributed by atoms with Crippen molar-refractivity contribution in [1.82, 2.24) is 14.5 Å². The van der Waals surface area contributed by atoms with Gasteiger partial charge in [-0.05, 0) is 12.5 Å². The molecule has 42 heavy (non-hydrogen) atoms. The molecular formula is C26H29N8O7P. The number of benzene rings is 1. The predicted molar refractivity (Wildman–Crippen MR) is 150 cm³/mol. The van der Waals surface area contributed by atoms with Crippen LogP contribution in [0.5, 0.6) is 0 Å². The maximum absolute atomic E-state index is 11.5. The fourth-order valence-electron chi connectivity index (χ4n) is 3.71. The van der Waals surface area contributed by atoms with Gasteiger partial charge in [-0.25, -0.2) is 19.6 Å². The first-order valence-electron chi connectivity index (χ1n) is 12.9. The summed E-state index contributed by atoms with van der Waals surface area (Å²) in [5.74, 6) is -1.55. The summed E-state index contributed by atoms with van der Waals surface area (Å²) in [6.07, 6.45) is 0.775. The van der Waals surface area contributed by atoms with E-state index >= 15 is 0 Å². The molecule has 2 aromatic heterocycles. The molecule has 0 aliphatic rings. The zero-order valence-corrected chi connectivity index (χ0v) is 23.7. The van der Waals surface area contributed by atoms with Gasteiger partial charge in [0.15, 0.2) is 24.1 Å². The number of hydrogen-bond acceptors (Lipinski definition) is 14. The van der Waals surface area contributed by atoms with E-state index in [2.05, 4.69) is 22.0 Å². The van der Waals surface area contributed by atoms with Gasteiger partial charge in [0.05, 0.1) is 49.9 Å². The van der Waals surface area contributed by atoms with E-state index in [9.17, 15) is 9.59 Å². The quantitative estimate of drug-likeness (QED) is 0.0990. The Bertz CT molecular complexity index is 1510. The molecule has 15 nitrogen and oxygen atoms in total. The number of unbranched alkanes of at least 4 members (excludes halogenated alkanes) is 1. The van der Waals surface area contributed by atoms with Crippen molar-refractivity contribution in [2.45, 2.75) is 38.8 Å². The van der Waals surface area contributed by atoms with Gasteiger partial charge in [0.1, 0.15) is 12.1 Å². The molecule has 16 heteroatoms. The third-order valence-corrected chi connectivity index (χ3v) is 6.71. The van der Waals surface area contributed by atoms with Crippen LogP contribution in [0.25, 0.3) is 21.9 Å². The number of carbonyl (C=O) groups excluding carboxylic acids is 2. The molecule has 3 N–H and O–H groups in total. The van der Waals surface area contributed by atoms with Gasteiger partial charge in [-0.2, -0.15) is 15.8 Å². The number of para-hydroxylation sites is 1. The second-order valence-corrected chi connectivity index (χ2v) is 9.74. The number of nitrogen functional groups attached to an aromatic ring is 1. The van der Waals surface area contributed by atoms with Crippen LogP contribution < -0.4 is 11.1 Å². The number of imidazole rings is 1. The number of ether oxygens (including phenoxy) is 2. The molecule has 0 saturated heterocycles. The van der Waals surface area contributed by atoms with Crippen LogP contribution in [-0.2, 0) is 39.2 Å². The van der Waals surface area contributed by atoms with Gasteiger partial charge >= 0.3 is 20.5 Å². The molecule has 2 atom stereocenters. The molecule has 2 heterocycles. The SMILES string of the molecule is CCCCNc1nc2c(N)nc3ccccc3c2n1CCOP(OCCC#N)OC[C@@H](COC(=O)C#N)OC(=O)C#N. The Balaban J connectivity index is 1.78. The van der Waals surface area contributed by atoms with Gasteiger partial charge < -0.3 is 38.7 Å². The summed E-state index contributed by atoms with van der Waals surface area (Å²) >= 11 is 0. The van der Waals surface area contributed by atoms with E-state index in [-0.39, 0.29) is 26.2 Å². The summed E-state index contributed by atoms with van der Waals surface area (Å²) in [4.78, 5) is 31.9. The number of anilines is 2.